The lowest BCUT2D eigenvalue weighted by atomic mass is 9.79. The van der Waals surface area contributed by atoms with Crippen molar-refractivity contribution in [2.24, 2.45) is 5.41 Å². The minimum absolute atomic E-state index is 0.172. The zero-order valence-electron chi connectivity index (χ0n) is 21.7. The van der Waals surface area contributed by atoms with Crippen LogP contribution in [-0.2, 0) is 21.1 Å². The van der Waals surface area contributed by atoms with Gasteiger partial charge in [0.15, 0.2) is 0 Å². The molecule has 0 saturated heterocycles. The smallest absolute Gasteiger partial charge is 0.417 e. The number of carbonyl (C=O) groups is 1. The highest BCUT2D eigenvalue weighted by atomic mass is 32.2. The highest BCUT2D eigenvalue weighted by Crippen LogP contribution is 2.47. The van der Waals surface area contributed by atoms with Crippen LogP contribution in [0.4, 0.5) is 18.9 Å². The first-order chi connectivity index (χ1) is 16.8. The zero-order chi connectivity index (χ0) is 28.0. The van der Waals surface area contributed by atoms with E-state index >= 15 is 0 Å². The van der Waals surface area contributed by atoms with Crippen molar-refractivity contribution >= 4 is 32.6 Å². The molecule has 2 aromatic rings. The van der Waals surface area contributed by atoms with Gasteiger partial charge < -0.3 is 9.32 Å². The van der Waals surface area contributed by atoms with Crippen molar-refractivity contribution in [3.63, 3.8) is 0 Å². The summed E-state index contributed by atoms with van der Waals surface area (Å²) in [5.74, 6) is -1.24. The number of carbonyl (C=O) groups excluding carboxylic acids is 1. The maximum absolute atomic E-state index is 13.7. The molecule has 1 aliphatic heterocycles. The standard InChI is InChI=1S/C26H34F3NO6S/c1-24(2,3)22(31)9-7-6-8-10-30-20-13-21-18(19(26(27,28)29)12-23(32)36-21)11-17(20)16(14-25(30,4)5)15-37(33,34)35/h11-13,16H,6-10,14-15H2,1-5H3,(H,33,34,35). The minimum atomic E-state index is -4.82. The Labute approximate surface area is 214 Å². The van der Waals surface area contributed by atoms with Gasteiger partial charge in [-0.1, -0.05) is 27.2 Å². The van der Waals surface area contributed by atoms with Gasteiger partial charge in [0.25, 0.3) is 10.1 Å². The van der Waals surface area contributed by atoms with Gasteiger partial charge in [0, 0.05) is 53.0 Å². The lowest BCUT2D eigenvalue weighted by Crippen LogP contribution is -2.50. The molecule has 0 saturated carbocycles. The van der Waals surface area contributed by atoms with Crippen molar-refractivity contribution < 1.29 is 35.4 Å². The predicted octanol–water partition coefficient (Wildman–Crippen LogP) is 5.95. The summed E-state index contributed by atoms with van der Waals surface area (Å²) in [7, 11) is -4.42. The van der Waals surface area contributed by atoms with E-state index in [9.17, 15) is 35.7 Å². The molecule has 1 atom stereocenters. The Hall–Kier alpha value is -2.40. The van der Waals surface area contributed by atoms with E-state index in [0.29, 0.717) is 43.1 Å². The summed E-state index contributed by atoms with van der Waals surface area (Å²) in [5, 5.41) is -0.341. The zero-order valence-corrected chi connectivity index (χ0v) is 22.6. The van der Waals surface area contributed by atoms with Gasteiger partial charge in [-0.2, -0.15) is 21.6 Å². The first kappa shape index (κ1) is 29.2. The van der Waals surface area contributed by atoms with Crippen molar-refractivity contribution in [3.05, 3.63) is 39.7 Å². The highest BCUT2D eigenvalue weighted by molar-refractivity contribution is 7.85. The molecule has 1 aromatic heterocycles. The summed E-state index contributed by atoms with van der Waals surface area (Å²) >= 11 is 0. The molecule has 0 radical (unpaired) electrons. The molecule has 0 aliphatic carbocycles. The van der Waals surface area contributed by atoms with Crippen molar-refractivity contribution in [3.8, 4) is 0 Å². The second-order valence-electron chi connectivity index (χ2n) is 11.5. The van der Waals surface area contributed by atoms with Crippen LogP contribution in [0.5, 0.6) is 0 Å². The number of nitrogens with zero attached hydrogens (tertiary/aromatic N) is 1. The Bertz CT molecular complexity index is 1340. The molecule has 37 heavy (non-hydrogen) atoms. The first-order valence-electron chi connectivity index (χ1n) is 12.2. The summed E-state index contributed by atoms with van der Waals surface area (Å²) < 4.78 is 79.4. The molecule has 7 nitrogen and oxygen atoms in total. The largest absolute Gasteiger partial charge is 0.423 e. The van der Waals surface area contributed by atoms with Gasteiger partial charge in [0.1, 0.15) is 11.4 Å². The fourth-order valence-electron chi connectivity index (χ4n) is 5.09. The minimum Gasteiger partial charge on any atom is -0.423 e. The molecule has 0 bridgehead atoms. The van der Waals surface area contributed by atoms with Gasteiger partial charge in [0.05, 0.1) is 11.3 Å². The molecule has 2 heterocycles. The lowest BCUT2D eigenvalue weighted by molar-refractivity contribution is -0.136. The topological polar surface area (TPSA) is 105 Å². The van der Waals surface area contributed by atoms with Gasteiger partial charge >= 0.3 is 11.8 Å². The summed E-state index contributed by atoms with van der Waals surface area (Å²) in [6.45, 7) is 9.90. The van der Waals surface area contributed by atoms with Crippen LogP contribution in [0.15, 0.2) is 27.4 Å². The number of rotatable bonds is 8. The molecule has 1 aliphatic rings. The third kappa shape index (κ3) is 6.93. The Morgan fingerprint density at radius 2 is 1.78 bits per heavy atom. The molecule has 11 heteroatoms. The van der Waals surface area contributed by atoms with Crippen LogP contribution in [0, 0.1) is 5.41 Å². The van der Waals surface area contributed by atoms with Crippen LogP contribution in [0.2, 0.25) is 0 Å². The van der Waals surface area contributed by atoms with Gasteiger partial charge in [-0.3, -0.25) is 9.35 Å². The monoisotopic (exact) mass is 545 g/mol. The molecular formula is C26H34F3NO6S. The number of benzene rings is 1. The second kappa shape index (κ2) is 10.1. The Morgan fingerprint density at radius 3 is 2.35 bits per heavy atom. The molecule has 0 spiro atoms. The third-order valence-electron chi connectivity index (χ3n) is 6.94. The van der Waals surface area contributed by atoms with Crippen molar-refractivity contribution in [2.75, 3.05) is 17.2 Å². The quantitative estimate of drug-likeness (QED) is 0.248. The van der Waals surface area contributed by atoms with E-state index < -0.39 is 50.1 Å². The SMILES string of the molecule is CC(C)(C)C(=O)CCCCCN1c2cc3oc(=O)cc(C(F)(F)F)c3cc2C(CS(=O)(=O)O)CC1(C)C. The average Bonchev–Trinajstić information content (AvgIpc) is 2.70. The number of hydrogen-bond acceptors (Lipinski definition) is 6. The lowest BCUT2D eigenvalue weighted by Gasteiger charge is -2.48. The van der Waals surface area contributed by atoms with E-state index in [-0.39, 0.29) is 23.2 Å². The fourth-order valence-corrected chi connectivity index (χ4v) is 5.90. The number of alkyl halides is 3. The maximum Gasteiger partial charge on any atom is 0.417 e. The number of halogens is 3. The van der Waals surface area contributed by atoms with E-state index in [1.54, 1.807) is 0 Å². The molecule has 206 valence electrons. The Morgan fingerprint density at radius 1 is 1.14 bits per heavy atom. The van der Waals surface area contributed by atoms with Gasteiger partial charge in [-0.05, 0) is 44.7 Å². The van der Waals surface area contributed by atoms with E-state index in [2.05, 4.69) is 0 Å². The molecule has 0 fully saturated rings. The van der Waals surface area contributed by atoms with E-state index in [1.165, 1.54) is 12.1 Å². The number of Topliss-reactive ketones (excluding diaryl/α,β-unsaturated/α-hetero) is 1. The highest BCUT2D eigenvalue weighted by Gasteiger charge is 2.41. The summed E-state index contributed by atoms with van der Waals surface area (Å²) in [5.41, 5.74) is -2.76. The van der Waals surface area contributed by atoms with Crippen LogP contribution in [0.3, 0.4) is 0 Å². The second-order valence-corrected chi connectivity index (χ2v) is 13.0. The Balaban J connectivity index is 2.02. The predicted molar refractivity (Wildman–Crippen MR) is 136 cm³/mol. The van der Waals surface area contributed by atoms with Crippen LogP contribution in [0.25, 0.3) is 11.0 Å². The normalized spacial score (nSPS) is 18.2. The molecule has 1 N–H and O–H groups in total. The van der Waals surface area contributed by atoms with Crippen molar-refractivity contribution in [2.45, 2.75) is 84.4 Å². The van der Waals surface area contributed by atoms with Crippen LogP contribution in [0.1, 0.15) is 83.8 Å². The molecule has 1 aromatic carbocycles. The van der Waals surface area contributed by atoms with Crippen molar-refractivity contribution in [1.29, 1.82) is 0 Å². The van der Waals surface area contributed by atoms with Crippen molar-refractivity contribution in [1.82, 2.24) is 0 Å². The van der Waals surface area contributed by atoms with E-state index in [4.69, 9.17) is 4.42 Å². The van der Waals surface area contributed by atoms with Crippen LogP contribution >= 0.6 is 0 Å². The number of ketones is 1. The number of anilines is 1. The summed E-state index contributed by atoms with van der Waals surface area (Å²) in [4.78, 5) is 26.1. The molecular weight excluding hydrogens is 511 g/mol. The van der Waals surface area contributed by atoms with Gasteiger partial charge in [-0.25, -0.2) is 4.79 Å². The summed E-state index contributed by atoms with van der Waals surface area (Å²) in [6, 6.07) is 2.98. The first-order valence-corrected chi connectivity index (χ1v) is 13.9. The van der Waals surface area contributed by atoms with E-state index in [1.807, 2.05) is 39.5 Å². The van der Waals surface area contributed by atoms with Gasteiger partial charge in [-0.15, -0.1) is 0 Å². The maximum atomic E-state index is 13.7. The molecule has 0 amide bonds. The van der Waals surface area contributed by atoms with Crippen LogP contribution in [-0.4, -0.2) is 36.6 Å². The fraction of sp³-hybridized carbons (Fsp3) is 0.615. The molecule has 3 rings (SSSR count). The number of hydrogen-bond donors (Lipinski definition) is 1. The van der Waals surface area contributed by atoms with Gasteiger partial charge in [0.2, 0.25) is 0 Å². The number of fused-ring (bicyclic) bond motifs is 2. The van der Waals surface area contributed by atoms with E-state index in [0.717, 1.165) is 6.42 Å². The number of unbranched alkanes of at least 4 members (excludes halogenated alkanes) is 2. The third-order valence-corrected chi connectivity index (χ3v) is 7.76. The molecule has 1 unspecified atom stereocenters. The van der Waals surface area contributed by atoms with Crippen LogP contribution < -0.4 is 10.5 Å². The average molecular weight is 546 g/mol. The Kier molecular flexibility index (Phi) is 7.92. The summed E-state index contributed by atoms with van der Waals surface area (Å²) in [6.07, 6.45) is -1.96.